The lowest BCUT2D eigenvalue weighted by atomic mass is 9.83. The Morgan fingerprint density at radius 2 is 1.56 bits per heavy atom. The standard InChI is InChI=1S/C16H32O2/c1-5-6-7-8-9-10-11-15(17)16-12(2)13(3)18-14(16)4/h12-17H,5-11H2,1-4H3. The Kier molecular flexibility index (Phi) is 7.25. The molecule has 18 heavy (non-hydrogen) atoms. The van der Waals surface area contributed by atoms with E-state index in [4.69, 9.17) is 4.74 Å². The zero-order chi connectivity index (χ0) is 13.5. The highest BCUT2D eigenvalue weighted by Crippen LogP contribution is 2.35. The lowest BCUT2D eigenvalue weighted by molar-refractivity contribution is 0.0203. The fraction of sp³-hybridized carbons (Fsp3) is 1.00. The fourth-order valence-corrected chi connectivity index (χ4v) is 3.28. The average molecular weight is 256 g/mol. The van der Waals surface area contributed by atoms with Crippen LogP contribution in [0.5, 0.6) is 0 Å². The van der Waals surface area contributed by atoms with Gasteiger partial charge in [0.25, 0.3) is 0 Å². The number of hydrogen-bond donors (Lipinski definition) is 1. The number of unbranched alkanes of at least 4 members (excludes halogenated alkanes) is 5. The molecule has 0 aliphatic carbocycles. The maximum absolute atomic E-state index is 10.3. The zero-order valence-corrected chi connectivity index (χ0v) is 12.7. The molecule has 0 aromatic carbocycles. The molecule has 1 N–H and O–H groups in total. The summed E-state index contributed by atoms with van der Waals surface area (Å²) in [5, 5.41) is 10.3. The van der Waals surface area contributed by atoms with Gasteiger partial charge in [0.05, 0.1) is 18.3 Å². The number of aliphatic hydroxyl groups excluding tert-OH is 1. The van der Waals surface area contributed by atoms with Gasteiger partial charge in [0.2, 0.25) is 0 Å². The Morgan fingerprint density at radius 3 is 2.11 bits per heavy atom. The van der Waals surface area contributed by atoms with Gasteiger partial charge in [0, 0.05) is 5.92 Å². The molecular weight excluding hydrogens is 224 g/mol. The van der Waals surface area contributed by atoms with Crippen molar-refractivity contribution in [2.45, 2.75) is 91.0 Å². The van der Waals surface area contributed by atoms with Crippen molar-refractivity contribution in [2.24, 2.45) is 11.8 Å². The first-order valence-corrected chi connectivity index (χ1v) is 7.91. The zero-order valence-electron chi connectivity index (χ0n) is 12.7. The molecule has 1 rings (SSSR count). The number of hydrogen-bond acceptors (Lipinski definition) is 2. The summed E-state index contributed by atoms with van der Waals surface area (Å²) in [6.07, 6.45) is 9.03. The van der Waals surface area contributed by atoms with Crippen LogP contribution >= 0.6 is 0 Å². The molecule has 1 fully saturated rings. The summed E-state index contributed by atoms with van der Waals surface area (Å²) in [6, 6.07) is 0. The molecule has 5 atom stereocenters. The van der Waals surface area contributed by atoms with Gasteiger partial charge >= 0.3 is 0 Å². The van der Waals surface area contributed by atoms with E-state index < -0.39 is 0 Å². The van der Waals surface area contributed by atoms with Gasteiger partial charge in [-0.1, -0.05) is 52.4 Å². The van der Waals surface area contributed by atoms with Gasteiger partial charge in [-0.05, 0) is 26.2 Å². The van der Waals surface area contributed by atoms with Crippen LogP contribution in [-0.2, 0) is 4.74 Å². The van der Waals surface area contributed by atoms with Crippen molar-refractivity contribution in [2.75, 3.05) is 0 Å². The fourth-order valence-electron chi connectivity index (χ4n) is 3.28. The summed E-state index contributed by atoms with van der Waals surface area (Å²) >= 11 is 0. The Bertz CT molecular complexity index is 217. The molecule has 0 bridgehead atoms. The van der Waals surface area contributed by atoms with Crippen LogP contribution in [-0.4, -0.2) is 23.4 Å². The van der Waals surface area contributed by atoms with Crippen LogP contribution in [0.1, 0.15) is 72.6 Å². The van der Waals surface area contributed by atoms with Crippen LogP contribution in [0.25, 0.3) is 0 Å². The van der Waals surface area contributed by atoms with Crippen LogP contribution in [0, 0.1) is 11.8 Å². The SMILES string of the molecule is CCCCCCCCC(O)C1C(C)OC(C)C1C. The molecule has 0 saturated carbocycles. The average Bonchev–Trinajstić information content (AvgIpc) is 2.58. The van der Waals surface area contributed by atoms with Crippen molar-refractivity contribution in [1.29, 1.82) is 0 Å². The molecule has 2 heteroatoms. The molecule has 1 aliphatic rings. The molecule has 0 amide bonds. The summed E-state index contributed by atoms with van der Waals surface area (Å²) in [6.45, 7) is 8.69. The van der Waals surface area contributed by atoms with E-state index in [-0.39, 0.29) is 12.2 Å². The first-order chi connectivity index (χ1) is 8.57. The predicted octanol–water partition coefficient (Wildman–Crippen LogP) is 4.16. The summed E-state index contributed by atoms with van der Waals surface area (Å²) in [5.74, 6) is 0.811. The van der Waals surface area contributed by atoms with Gasteiger partial charge in [0.15, 0.2) is 0 Å². The third-order valence-corrected chi connectivity index (χ3v) is 4.62. The Hall–Kier alpha value is -0.0800. The molecule has 108 valence electrons. The van der Waals surface area contributed by atoms with Crippen molar-refractivity contribution < 1.29 is 9.84 Å². The van der Waals surface area contributed by atoms with Crippen LogP contribution in [0.3, 0.4) is 0 Å². The third kappa shape index (κ3) is 4.55. The van der Waals surface area contributed by atoms with Crippen LogP contribution in [0.4, 0.5) is 0 Å². The molecule has 0 aromatic rings. The monoisotopic (exact) mass is 256 g/mol. The topological polar surface area (TPSA) is 29.5 Å². The molecule has 0 spiro atoms. The summed E-state index contributed by atoms with van der Waals surface area (Å²) in [5.41, 5.74) is 0. The normalized spacial score (nSPS) is 33.8. The second kappa shape index (κ2) is 8.16. The van der Waals surface area contributed by atoms with Gasteiger partial charge in [0.1, 0.15) is 0 Å². The highest BCUT2D eigenvalue weighted by molar-refractivity contribution is 4.88. The van der Waals surface area contributed by atoms with E-state index in [2.05, 4.69) is 27.7 Å². The smallest absolute Gasteiger partial charge is 0.0607 e. The Labute approximate surface area is 113 Å². The number of ether oxygens (including phenoxy) is 1. The predicted molar refractivity (Wildman–Crippen MR) is 76.7 cm³/mol. The van der Waals surface area contributed by atoms with Gasteiger partial charge in [-0.2, -0.15) is 0 Å². The number of rotatable bonds is 8. The van der Waals surface area contributed by atoms with Crippen LogP contribution in [0.15, 0.2) is 0 Å². The van der Waals surface area contributed by atoms with E-state index in [0.29, 0.717) is 17.9 Å². The minimum atomic E-state index is -0.175. The van der Waals surface area contributed by atoms with Gasteiger partial charge in [-0.3, -0.25) is 0 Å². The third-order valence-electron chi connectivity index (χ3n) is 4.62. The minimum absolute atomic E-state index is 0.175. The molecule has 5 unspecified atom stereocenters. The quantitative estimate of drug-likeness (QED) is 0.661. The van der Waals surface area contributed by atoms with E-state index in [1.54, 1.807) is 0 Å². The van der Waals surface area contributed by atoms with E-state index in [0.717, 1.165) is 12.8 Å². The Balaban J connectivity index is 2.18. The van der Waals surface area contributed by atoms with Crippen molar-refractivity contribution in [3.05, 3.63) is 0 Å². The van der Waals surface area contributed by atoms with Crippen molar-refractivity contribution in [3.63, 3.8) is 0 Å². The summed E-state index contributed by atoms with van der Waals surface area (Å²) in [7, 11) is 0. The lowest BCUT2D eigenvalue weighted by Gasteiger charge is -2.24. The summed E-state index contributed by atoms with van der Waals surface area (Å²) < 4.78 is 5.81. The molecule has 1 aliphatic heterocycles. The van der Waals surface area contributed by atoms with Gasteiger partial charge in [-0.15, -0.1) is 0 Å². The van der Waals surface area contributed by atoms with E-state index in [1.807, 2.05) is 0 Å². The molecular formula is C16H32O2. The van der Waals surface area contributed by atoms with Gasteiger partial charge < -0.3 is 9.84 Å². The highest BCUT2D eigenvalue weighted by Gasteiger charge is 2.40. The van der Waals surface area contributed by atoms with Crippen molar-refractivity contribution >= 4 is 0 Å². The second-order valence-electron chi connectivity index (χ2n) is 6.11. The van der Waals surface area contributed by atoms with Crippen LogP contribution < -0.4 is 0 Å². The van der Waals surface area contributed by atoms with E-state index in [1.165, 1.54) is 32.1 Å². The van der Waals surface area contributed by atoms with Crippen molar-refractivity contribution in [3.8, 4) is 0 Å². The molecule has 0 radical (unpaired) electrons. The number of aliphatic hydroxyl groups is 1. The highest BCUT2D eigenvalue weighted by atomic mass is 16.5. The lowest BCUT2D eigenvalue weighted by Crippen LogP contribution is -2.30. The molecule has 1 saturated heterocycles. The maximum atomic E-state index is 10.3. The van der Waals surface area contributed by atoms with Crippen LogP contribution in [0.2, 0.25) is 0 Å². The van der Waals surface area contributed by atoms with Gasteiger partial charge in [-0.25, -0.2) is 0 Å². The minimum Gasteiger partial charge on any atom is -0.393 e. The summed E-state index contributed by atoms with van der Waals surface area (Å²) in [4.78, 5) is 0. The Morgan fingerprint density at radius 1 is 0.944 bits per heavy atom. The molecule has 0 aromatic heterocycles. The van der Waals surface area contributed by atoms with E-state index >= 15 is 0 Å². The first-order valence-electron chi connectivity index (χ1n) is 7.91. The van der Waals surface area contributed by atoms with E-state index in [9.17, 15) is 5.11 Å². The van der Waals surface area contributed by atoms with Crippen molar-refractivity contribution in [1.82, 2.24) is 0 Å². The molecule has 1 heterocycles. The second-order valence-corrected chi connectivity index (χ2v) is 6.11. The maximum Gasteiger partial charge on any atom is 0.0607 e. The molecule has 2 nitrogen and oxygen atoms in total. The largest absolute Gasteiger partial charge is 0.393 e. The first kappa shape index (κ1) is 16.0.